The lowest BCUT2D eigenvalue weighted by Crippen LogP contribution is -2.31. The van der Waals surface area contributed by atoms with E-state index in [2.05, 4.69) is 61.8 Å². The van der Waals surface area contributed by atoms with Crippen molar-refractivity contribution >= 4 is 28.1 Å². The molecule has 4 nitrogen and oxygen atoms in total. The monoisotopic (exact) mass is 364 g/mol. The van der Waals surface area contributed by atoms with Gasteiger partial charge < -0.3 is 9.47 Å². The summed E-state index contributed by atoms with van der Waals surface area (Å²) >= 11 is 1.80. The second kappa shape index (κ2) is 6.89. The quantitative estimate of drug-likeness (QED) is 0.504. The minimum absolute atomic E-state index is 1.02. The van der Waals surface area contributed by atoms with Crippen LogP contribution in [0.3, 0.4) is 0 Å². The number of benzene rings is 1. The number of imidazole rings is 2. The first-order valence-electron chi connectivity index (χ1n) is 9.63. The third-order valence-corrected chi connectivity index (χ3v) is 6.33. The van der Waals surface area contributed by atoms with Crippen molar-refractivity contribution in [2.45, 2.75) is 32.2 Å². The Hall–Kier alpha value is -2.11. The highest BCUT2D eigenvalue weighted by atomic mass is 32.1. The third-order valence-electron chi connectivity index (χ3n) is 5.44. The SMILES string of the molecule is c1csc(-c2cn3c4ccccc4nc3n2CCCN2CCCCC2)c1. The maximum atomic E-state index is 4.93. The number of nitrogens with zero attached hydrogens (tertiary/aromatic N) is 4. The van der Waals surface area contributed by atoms with Crippen LogP contribution in [0.4, 0.5) is 0 Å². The maximum absolute atomic E-state index is 4.93. The number of aryl methyl sites for hydroxylation is 1. The summed E-state index contributed by atoms with van der Waals surface area (Å²) in [6, 6.07) is 12.8. The smallest absolute Gasteiger partial charge is 0.215 e. The van der Waals surface area contributed by atoms with Gasteiger partial charge in [-0.1, -0.05) is 24.6 Å². The van der Waals surface area contributed by atoms with Crippen LogP contribution in [0, 0.1) is 0 Å². The van der Waals surface area contributed by atoms with Gasteiger partial charge in [0.15, 0.2) is 0 Å². The Morgan fingerprint density at radius 1 is 0.962 bits per heavy atom. The molecule has 1 saturated heterocycles. The van der Waals surface area contributed by atoms with Crippen LogP contribution in [0.5, 0.6) is 0 Å². The molecule has 5 rings (SSSR count). The van der Waals surface area contributed by atoms with E-state index < -0.39 is 0 Å². The summed E-state index contributed by atoms with van der Waals surface area (Å²) in [5.41, 5.74) is 3.55. The Labute approximate surface area is 157 Å². The van der Waals surface area contributed by atoms with Crippen molar-refractivity contribution in [3.8, 4) is 10.6 Å². The van der Waals surface area contributed by atoms with Crippen molar-refractivity contribution in [2.24, 2.45) is 0 Å². The highest BCUT2D eigenvalue weighted by Crippen LogP contribution is 2.29. The molecule has 134 valence electrons. The molecule has 1 aliphatic rings. The molecule has 5 heteroatoms. The summed E-state index contributed by atoms with van der Waals surface area (Å²) in [6.07, 6.45) is 7.56. The molecule has 0 unspecified atom stereocenters. The lowest BCUT2D eigenvalue weighted by molar-refractivity contribution is 0.223. The van der Waals surface area contributed by atoms with Gasteiger partial charge in [0, 0.05) is 12.7 Å². The fourth-order valence-corrected chi connectivity index (χ4v) is 4.87. The van der Waals surface area contributed by atoms with Crippen LogP contribution in [0.25, 0.3) is 27.4 Å². The van der Waals surface area contributed by atoms with Gasteiger partial charge >= 0.3 is 0 Å². The minimum Gasteiger partial charge on any atom is -0.309 e. The van der Waals surface area contributed by atoms with Gasteiger partial charge in [-0.05, 0) is 62.5 Å². The van der Waals surface area contributed by atoms with Crippen LogP contribution in [0.1, 0.15) is 25.7 Å². The summed E-state index contributed by atoms with van der Waals surface area (Å²) in [7, 11) is 0. The molecule has 0 amide bonds. The van der Waals surface area contributed by atoms with Gasteiger partial charge in [-0.2, -0.15) is 0 Å². The predicted octanol–water partition coefficient (Wildman–Crippen LogP) is 4.89. The summed E-state index contributed by atoms with van der Waals surface area (Å²) in [6.45, 7) is 4.75. The standard InChI is InChI=1S/C21H24N4S/c1-4-11-23(12-5-1)13-7-14-24-19(20-10-6-15-26-20)16-25-18-9-3-2-8-17(18)22-21(24)25/h2-3,6,8-10,15-16H,1,4-5,7,11-14H2. The van der Waals surface area contributed by atoms with Gasteiger partial charge in [0.2, 0.25) is 5.78 Å². The Morgan fingerprint density at radius 2 is 1.85 bits per heavy atom. The molecule has 0 spiro atoms. The molecule has 0 N–H and O–H groups in total. The summed E-state index contributed by atoms with van der Waals surface area (Å²) in [5.74, 6) is 1.06. The molecule has 3 aromatic heterocycles. The number of hydrogen-bond donors (Lipinski definition) is 0. The van der Waals surface area contributed by atoms with Crippen molar-refractivity contribution in [2.75, 3.05) is 19.6 Å². The fraction of sp³-hybridized carbons (Fsp3) is 0.381. The molecule has 1 fully saturated rings. The van der Waals surface area contributed by atoms with E-state index in [0.717, 1.165) is 17.8 Å². The molecule has 4 aromatic rings. The normalized spacial score (nSPS) is 16.0. The molecule has 0 bridgehead atoms. The number of fused-ring (bicyclic) bond motifs is 3. The molecule has 0 aliphatic carbocycles. The van der Waals surface area contributed by atoms with Crippen LogP contribution < -0.4 is 0 Å². The van der Waals surface area contributed by atoms with E-state index in [1.807, 2.05) is 0 Å². The highest BCUT2D eigenvalue weighted by molar-refractivity contribution is 7.13. The van der Waals surface area contributed by atoms with Gasteiger partial charge in [0.25, 0.3) is 0 Å². The minimum atomic E-state index is 1.02. The Morgan fingerprint density at radius 3 is 2.69 bits per heavy atom. The fourth-order valence-electron chi connectivity index (χ4n) is 4.13. The van der Waals surface area contributed by atoms with Crippen molar-refractivity contribution in [3.05, 3.63) is 48.0 Å². The van der Waals surface area contributed by atoms with Gasteiger partial charge in [-0.25, -0.2) is 4.98 Å². The van der Waals surface area contributed by atoms with E-state index in [1.165, 1.54) is 61.4 Å². The van der Waals surface area contributed by atoms with Crippen LogP contribution in [-0.4, -0.2) is 38.5 Å². The second-order valence-corrected chi connectivity index (χ2v) is 8.12. The molecular formula is C21H24N4S. The van der Waals surface area contributed by atoms with Crippen molar-refractivity contribution < 1.29 is 0 Å². The first-order chi connectivity index (χ1) is 12.9. The number of para-hydroxylation sites is 2. The number of thiophene rings is 1. The molecule has 1 aromatic carbocycles. The zero-order valence-corrected chi connectivity index (χ0v) is 15.8. The molecule has 0 atom stereocenters. The number of hydrogen-bond acceptors (Lipinski definition) is 3. The molecule has 26 heavy (non-hydrogen) atoms. The average molecular weight is 365 g/mol. The molecule has 1 aliphatic heterocycles. The summed E-state index contributed by atoms with van der Waals surface area (Å²) in [4.78, 5) is 8.87. The third kappa shape index (κ3) is 2.85. The zero-order valence-electron chi connectivity index (χ0n) is 15.0. The lowest BCUT2D eigenvalue weighted by Gasteiger charge is -2.26. The summed E-state index contributed by atoms with van der Waals surface area (Å²) in [5, 5.41) is 2.15. The summed E-state index contributed by atoms with van der Waals surface area (Å²) < 4.78 is 4.67. The number of rotatable bonds is 5. The van der Waals surface area contributed by atoms with Gasteiger partial charge in [0.1, 0.15) is 0 Å². The Balaban J connectivity index is 1.49. The van der Waals surface area contributed by atoms with E-state index >= 15 is 0 Å². The molecule has 0 saturated carbocycles. The molecule has 0 radical (unpaired) electrons. The second-order valence-electron chi connectivity index (χ2n) is 7.17. The van der Waals surface area contributed by atoms with Crippen molar-refractivity contribution in [1.29, 1.82) is 0 Å². The Kier molecular flexibility index (Phi) is 4.27. The van der Waals surface area contributed by atoms with Crippen molar-refractivity contribution in [1.82, 2.24) is 18.9 Å². The van der Waals surface area contributed by atoms with Crippen LogP contribution >= 0.6 is 11.3 Å². The number of likely N-dealkylation sites (tertiary alicyclic amines) is 1. The maximum Gasteiger partial charge on any atom is 0.215 e. The van der Waals surface area contributed by atoms with Crippen LogP contribution in [0.2, 0.25) is 0 Å². The first kappa shape index (κ1) is 16.1. The van der Waals surface area contributed by atoms with Gasteiger partial charge in [-0.3, -0.25) is 4.40 Å². The number of aromatic nitrogens is 3. The largest absolute Gasteiger partial charge is 0.309 e. The van der Waals surface area contributed by atoms with E-state index in [9.17, 15) is 0 Å². The van der Waals surface area contributed by atoms with E-state index in [1.54, 1.807) is 11.3 Å². The lowest BCUT2D eigenvalue weighted by atomic mass is 10.1. The average Bonchev–Trinajstić information content (AvgIpc) is 3.39. The van der Waals surface area contributed by atoms with Crippen LogP contribution in [-0.2, 0) is 6.54 Å². The van der Waals surface area contributed by atoms with E-state index in [0.29, 0.717) is 0 Å². The predicted molar refractivity (Wildman–Crippen MR) is 109 cm³/mol. The van der Waals surface area contributed by atoms with Crippen LogP contribution in [0.15, 0.2) is 48.0 Å². The molecule has 4 heterocycles. The zero-order chi connectivity index (χ0) is 17.3. The molecular weight excluding hydrogens is 340 g/mol. The van der Waals surface area contributed by atoms with E-state index in [-0.39, 0.29) is 0 Å². The van der Waals surface area contributed by atoms with Crippen molar-refractivity contribution in [3.63, 3.8) is 0 Å². The topological polar surface area (TPSA) is 25.5 Å². The highest BCUT2D eigenvalue weighted by Gasteiger charge is 2.16. The van der Waals surface area contributed by atoms with E-state index in [4.69, 9.17) is 4.98 Å². The number of piperidine rings is 1. The first-order valence-corrected chi connectivity index (χ1v) is 10.5. The Bertz CT molecular complexity index is 1010. The van der Waals surface area contributed by atoms with Gasteiger partial charge in [-0.15, -0.1) is 11.3 Å². The van der Waals surface area contributed by atoms with Gasteiger partial charge in [0.05, 0.1) is 21.6 Å².